The molecule has 4 nitrogen and oxygen atoms in total. The van der Waals surface area contributed by atoms with Crippen LogP contribution in [0.5, 0.6) is 0 Å². The molecule has 0 radical (unpaired) electrons. The molecular formula is C12H13ClFNO3. The largest absolute Gasteiger partial charge is 0.465 e. The van der Waals surface area contributed by atoms with Gasteiger partial charge >= 0.3 is 6.09 Å². The minimum atomic E-state index is -1.25. The van der Waals surface area contributed by atoms with Crippen LogP contribution in [0.15, 0.2) is 18.2 Å². The van der Waals surface area contributed by atoms with Gasteiger partial charge in [0.05, 0.1) is 11.1 Å². The molecule has 1 aromatic rings. The molecule has 18 heavy (non-hydrogen) atoms. The van der Waals surface area contributed by atoms with Crippen LogP contribution < -0.4 is 5.32 Å². The van der Waals surface area contributed by atoms with Crippen LogP contribution >= 0.6 is 11.6 Å². The molecule has 98 valence electrons. The second-order valence-electron chi connectivity index (χ2n) is 4.99. The molecule has 3 N–H and O–H groups in total. The molecule has 1 amide bonds. The highest BCUT2D eigenvalue weighted by atomic mass is 35.5. The van der Waals surface area contributed by atoms with E-state index in [4.69, 9.17) is 16.7 Å². The Hall–Kier alpha value is -1.33. The lowest BCUT2D eigenvalue weighted by atomic mass is 9.62. The van der Waals surface area contributed by atoms with Crippen molar-refractivity contribution in [1.29, 1.82) is 0 Å². The van der Waals surface area contributed by atoms with Crippen LogP contribution in [0.25, 0.3) is 0 Å². The molecule has 0 spiro atoms. The number of nitrogens with one attached hydrogen (secondary N) is 1. The van der Waals surface area contributed by atoms with E-state index in [1.54, 1.807) is 6.92 Å². The maximum Gasteiger partial charge on any atom is 0.405 e. The summed E-state index contributed by atoms with van der Waals surface area (Å²) in [5.74, 6) is -0.577. The Morgan fingerprint density at radius 1 is 1.50 bits per heavy atom. The Morgan fingerprint density at radius 2 is 2.11 bits per heavy atom. The molecule has 0 unspecified atom stereocenters. The zero-order valence-electron chi connectivity index (χ0n) is 9.70. The summed E-state index contributed by atoms with van der Waals surface area (Å²) in [5, 5.41) is 21.2. The smallest absolute Gasteiger partial charge is 0.405 e. The van der Waals surface area contributed by atoms with Crippen molar-refractivity contribution in [3.8, 4) is 0 Å². The third-order valence-electron chi connectivity index (χ3n) is 3.16. The molecule has 0 atom stereocenters. The number of hydrogen-bond donors (Lipinski definition) is 3. The molecule has 0 bridgehead atoms. The monoisotopic (exact) mass is 273 g/mol. The third kappa shape index (κ3) is 2.28. The van der Waals surface area contributed by atoms with Crippen molar-refractivity contribution in [3.63, 3.8) is 0 Å². The average Bonchev–Trinajstić information content (AvgIpc) is 2.12. The molecule has 0 aliphatic heterocycles. The first kappa shape index (κ1) is 13.1. The Morgan fingerprint density at radius 3 is 2.56 bits per heavy atom. The molecule has 6 heteroatoms. The lowest BCUT2D eigenvalue weighted by molar-refractivity contribution is -0.0869. The number of amides is 1. The van der Waals surface area contributed by atoms with Gasteiger partial charge in [-0.25, -0.2) is 9.18 Å². The van der Waals surface area contributed by atoms with E-state index in [0.717, 1.165) is 6.07 Å². The average molecular weight is 274 g/mol. The Kier molecular flexibility index (Phi) is 2.99. The van der Waals surface area contributed by atoms with Gasteiger partial charge in [0, 0.05) is 23.4 Å². The molecule has 0 heterocycles. The lowest BCUT2D eigenvalue weighted by Crippen LogP contribution is -2.62. The quantitative estimate of drug-likeness (QED) is 0.775. The fourth-order valence-electron chi connectivity index (χ4n) is 2.68. The van der Waals surface area contributed by atoms with Gasteiger partial charge in [0.15, 0.2) is 0 Å². The van der Waals surface area contributed by atoms with Gasteiger partial charge in [-0.3, -0.25) is 0 Å². The number of benzene rings is 1. The fourth-order valence-corrected chi connectivity index (χ4v) is 2.84. The molecule has 0 aromatic heterocycles. The zero-order chi connectivity index (χ0) is 13.6. The van der Waals surface area contributed by atoms with Gasteiger partial charge in [0.25, 0.3) is 0 Å². The van der Waals surface area contributed by atoms with E-state index in [9.17, 15) is 14.3 Å². The van der Waals surface area contributed by atoms with Crippen molar-refractivity contribution >= 4 is 17.7 Å². The molecule has 1 aliphatic rings. The predicted octanol–water partition coefficient (Wildman–Crippen LogP) is 2.49. The van der Waals surface area contributed by atoms with Gasteiger partial charge in [0.2, 0.25) is 0 Å². The van der Waals surface area contributed by atoms with E-state index in [2.05, 4.69) is 5.32 Å². The van der Waals surface area contributed by atoms with E-state index >= 15 is 0 Å². The molecule has 0 saturated heterocycles. The van der Waals surface area contributed by atoms with E-state index in [0.29, 0.717) is 0 Å². The van der Waals surface area contributed by atoms with E-state index in [1.165, 1.54) is 12.1 Å². The fraction of sp³-hybridized carbons (Fsp3) is 0.417. The van der Waals surface area contributed by atoms with Crippen LogP contribution in [-0.4, -0.2) is 21.9 Å². The van der Waals surface area contributed by atoms with Crippen molar-refractivity contribution in [2.24, 2.45) is 0 Å². The van der Waals surface area contributed by atoms with Crippen molar-refractivity contribution in [1.82, 2.24) is 5.32 Å². The number of carbonyl (C=O) groups is 1. The summed E-state index contributed by atoms with van der Waals surface area (Å²) < 4.78 is 13.9. The Balaban J connectivity index is 2.39. The maximum absolute atomic E-state index is 13.9. The molecule has 2 rings (SSSR count). The van der Waals surface area contributed by atoms with Gasteiger partial charge in [0.1, 0.15) is 5.82 Å². The molecular weight excluding hydrogens is 261 g/mol. The summed E-state index contributed by atoms with van der Waals surface area (Å²) in [6.07, 6.45) is -0.991. The maximum atomic E-state index is 13.9. The summed E-state index contributed by atoms with van der Waals surface area (Å²) >= 11 is 5.66. The van der Waals surface area contributed by atoms with Crippen LogP contribution in [-0.2, 0) is 5.54 Å². The summed E-state index contributed by atoms with van der Waals surface area (Å²) in [7, 11) is 0. The molecule has 1 aromatic carbocycles. The summed E-state index contributed by atoms with van der Waals surface area (Å²) in [6, 6.07) is 4.08. The van der Waals surface area contributed by atoms with Crippen molar-refractivity contribution in [3.05, 3.63) is 34.6 Å². The topological polar surface area (TPSA) is 69.6 Å². The van der Waals surface area contributed by atoms with Gasteiger partial charge in [-0.1, -0.05) is 17.7 Å². The van der Waals surface area contributed by atoms with Crippen molar-refractivity contribution in [2.75, 3.05) is 0 Å². The number of rotatable bonds is 2. The SMILES string of the molecule is C[C@]1(O)C[C@](NC(=O)O)(c2ccc(Cl)cc2F)C1. The third-order valence-corrected chi connectivity index (χ3v) is 3.39. The van der Waals surface area contributed by atoms with Crippen LogP contribution in [0, 0.1) is 5.82 Å². The van der Waals surface area contributed by atoms with Crippen molar-refractivity contribution < 1.29 is 19.4 Å². The zero-order valence-corrected chi connectivity index (χ0v) is 10.5. The van der Waals surface area contributed by atoms with Crippen LogP contribution in [0.1, 0.15) is 25.3 Å². The molecule has 1 fully saturated rings. The van der Waals surface area contributed by atoms with Gasteiger partial charge in [-0.2, -0.15) is 0 Å². The Labute approximate surface area is 108 Å². The van der Waals surface area contributed by atoms with Crippen molar-refractivity contribution in [2.45, 2.75) is 30.9 Å². The Bertz CT molecular complexity index is 496. The van der Waals surface area contributed by atoms with Gasteiger partial charge in [-0.15, -0.1) is 0 Å². The van der Waals surface area contributed by atoms with Crippen LogP contribution in [0.4, 0.5) is 9.18 Å². The van der Waals surface area contributed by atoms with Crippen LogP contribution in [0.3, 0.4) is 0 Å². The first-order valence-electron chi connectivity index (χ1n) is 5.43. The predicted molar refractivity (Wildman–Crippen MR) is 64.1 cm³/mol. The summed E-state index contributed by atoms with van der Waals surface area (Å²) in [5.41, 5.74) is -1.86. The number of hydrogen-bond acceptors (Lipinski definition) is 2. The summed E-state index contributed by atoms with van der Waals surface area (Å²) in [4.78, 5) is 10.8. The first-order valence-corrected chi connectivity index (χ1v) is 5.81. The van der Waals surface area contributed by atoms with Crippen LogP contribution in [0.2, 0.25) is 5.02 Å². The molecule has 1 aliphatic carbocycles. The van der Waals surface area contributed by atoms with Gasteiger partial charge < -0.3 is 15.5 Å². The first-order chi connectivity index (χ1) is 8.24. The molecule has 1 saturated carbocycles. The lowest BCUT2D eigenvalue weighted by Gasteiger charge is -2.51. The second kappa shape index (κ2) is 4.10. The number of carboxylic acid groups (broad SMARTS) is 1. The normalized spacial score (nSPS) is 30.7. The van der Waals surface area contributed by atoms with E-state index < -0.39 is 23.1 Å². The standard InChI is InChI=1S/C12H13ClFNO3/c1-11(18)5-12(6-11,15-10(16)17)8-3-2-7(13)4-9(8)14/h2-4,15,18H,5-6H2,1H3,(H,16,17)/t11-,12+. The van der Waals surface area contributed by atoms with Gasteiger partial charge in [-0.05, 0) is 19.1 Å². The second-order valence-corrected chi connectivity index (χ2v) is 5.42. The minimum absolute atomic E-state index is 0.130. The number of halogens is 2. The highest BCUT2D eigenvalue weighted by Gasteiger charge is 2.54. The number of aliphatic hydroxyl groups is 1. The highest BCUT2D eigenvalue weighted by Crippen LogP contribution is 2.49. The summed E-state index contributed by atoms with van der Waals surface area (Å²) in [6.45, 7) is 1.59. The van der Waals surface area contributed by atoms with E-state index in [-0.39, 0.29) is 23.4 Å². The minimum Gasteiger partial charge on any atom is -0.465 e. The van der Waals surface area contributed by atoms with E-state index in [1.807, 2.05) is 0 Å². The highest BCUT2D eigenvalue weighted by molar-refractivity contribution is 6.30.